The Morgan fingerprint density at radius 1 is 1.38 bits per heavy atom. The van der Waals surface area contributed by atoms with Crippen LogP contribution in [-0.2, 0) is 9.53 Å². The van der Waals surface area contributed by atoms with Crippen molar-refractivity contribution in [2.24, 2.45) is 10.9 Å². The van der Waals surface area contributed by atoms with Crippen LogP contribution < -0.4 is 10.6 Å². The van der Waals surface area contributed by atoms with E-state index in [0.717, 1.165) is 25.5 Å². The average Bonchev–Trinajstić information content (AvgIpc) is 3.32. The summed E-state index contributed by atoms with van der Waals surface area (Å²) in [4.78, 5) is 22.2. The molecule has 1 fully saturated rings. The van der Waals surface area contributed by atoms with E-state index in [1.807, 2.05) is 5.38 Å². The molecular weight excluding hydrogens is 458 g/mol. The van der Waals surface area contributed by atoms with E-state index < -0.39 is 28.7 Å². The Morgan fingerprint density at radius 3 is 2.88 bits per heavy atom. The van der Waals surface area contributed by atoms with Gasteiger partial charge in [-0.25, -0.2) is 18.6 Å². The summed E-state index contributed by atoms with van der Waals surface area (Å²) < 4.78 is 33.5. The van der Waals surface area contributed by atoms with E-state index in [9.17, 15) is 13.6 Å². The van der Waals surface area contributed by atoms with Crippen molar-refractivity contribution in [3.8, 4) is 0 Å². The Bertz CT molecular complexity index is 1070. The number of carbonyl (C=O) groups excluding carboxylic acids is 1. The molecule has 2 aliphatic heterocycles. The van der Waals surface area contributed by atoms with Crippen LogP contribution in [0.15, 0.2) is 40.0 Å². The highest BCUT2D eigenvalue weighted by molar-refractivity contribution is 7.11. The second-order valence-electron chi connectivity index (χ2n) is 7.73. The van der Waals surface area contributed by atoms with Gasteiger partial charge in [-0.15, -0.1) is 11.3 Å². The fourth-order valence-corrected chi connectivity index (χ4v) is 4.99. The normalized spacial score (nSPS) is 23.5. The van der Waals surface area contributed by atoms with Crippen molar-refractivity contribution in [1.29, 1.82) is 0 Å². The Balaban J connectivity index is 1.91. The van der Waals surface area contributed by atoms with Gasteiger partial charge in [0.1, 0.15) is 6.04 Å². The number of amidine groups is 1. The van der Waals surface area contributed by atoms with Gasteiger partial charge < -0.3 is 15.4 Å². The monoisotopic (exact) mass is 480 g/mol. The molecule has 3 atom stereocenters. The van der Waals surface area contributed by atoms with Crippen molar-refractivity contribution in [3.05, 3.63) is 62.2 Å². The number of esters is 1. The number of aliphatic imine (C=N–C) groups is 1. The van der Waals surface area contributed by atoms with E-state index in [1.165, 1.54) is 17.4 Å². The lowest BCUT2D eigenvalue weighted by Gasteiger charge is -2.35. The summed E-state index contributed by atoms with van der Waals surface area (Å²) in [7, 11) is 0. The molecule has 0 saturated carbocycles. The first kappa shape index (κ1) is 22.8. The van der Waals surface area contributed by atoms with E-state index in [0.29, 0.717) is 16.5 Å². The van der Waals surface area contributed by atoms with Crippen molar-refractivity contribution >= 4 is 34.7 Å². The van der Waals surface area contributed by atoms with Crippen LogP contribution in [0.25, 0.3) is 0 Å². The maximum atomic E-state index is 14.4. The number of aromatic nitrogens is 1. The van der Waals surface area contributed by atoms with Gasteiger partial charge in [-0.2, -0.15) is 0 Å². The molecule has 0 bridgehead atoms. The molecule has 2 aromatic rings. The summed E-state index contributed by atoms with van der Waals surface area (Å²) in [6.45, 7) is 4.75. The van der Waals surface area contributed by atoms with Crippen molar-refractivity contribution in [2.75, 3.05) is 13.2 Å². The molecule has 2 N–H and O–H groups in total. The SMILES string of the molecule is CCOC(=O)C1=C(C2CCNC(C)C2)NC(c2nccs2)=NC1c1ccc(F)c(F)c1Cl. The number of thiazole rings is 1. The van der Waals surface area contributed by atoms with Crippen LogP contribution in [0.4, 0.5) is 8.78 Å². The number of benzene rings is 1. The van der Waals surface area contributed by atoms with Crippen LogP contribution in [0.5, 0.6) is 0 Å². The smallest absolute Gasteiger partial charge is 0.338 e. The van der Waals surface area contributed by atoms with Gasteiger partial charge in [-0.05, 0) is 39.3 Å². The summed E-state index contributed by atoms with van der Waals surface area (Å²) in [6, 6.07) is 1.64. The van der Waals surface area contributed by atoms with Gasteiger partial charge >= 0.3 is 5.97 Å². The molecule has 6 nitrogen and oxygen atoms in total. The van der Waals surface area contributed by atoms with Gasteiger partial charge in [-0.1, -0.05) is 17.7 Å². The molecule has 1 saturated heterocycles. The van der Waals surface area contributed by atoms with Gasteiger partial charge in [-0.3, -0.25) is 4.99 Å². The minimum absolute atomic E-state index is 0.0164. The third kappa shape index (κ3) is 4.42. The number of rotatable bonds is 5. The molecule has 0 aliphatic carbocycles. The number of ether oxygens (including phenoxy) is 1. The van der Waals surface area contributed by atoms with E-state index in [2.05, 4.69) is 27.5 Å². The summed E-state index contributed by atoms with van der Waals surface area (Å²) in [5.74, 6) is -2.32. The second-order valence-corrected chi connectivity index (χ2v) is 9.00. The highest BCUT2D eigenvalue weighted by Gasteiger charge is 2.38. The average molecular weight is 481 g/mol. The predicted octanol–water partition coefficient (Wildman–Crippen LogP) is 4.37. The standard InChI is InChI=1S/C22H23ClF2N4O2S/c1-3-31-22(30)15-18(12-6-7-26-11(2)10-12)28-20(21-27-8-9-32-21)29-19(15)13-4-5-14(24)17(25)16(13)23/h4-5,8-9,11-12,19,26H,3,6-7,10H2,1-2H3,(H,28,29). The third-order valence-electron chi connectivity index (χ3n) is 5.60. The lowest BCUT2D eigenvalue weighted by Crippen LogP contribution is -2.42. The molecule has 0 radical (unpaired) electrons. The molecular formula is C22H23ClF2N4O2S. The molecule has 2 aliphatic rings. The van der Waals surface area contributed by atoms with Gasteiger partial charge in [0.15, 0.2) is 22.5 Å². The first-order valence-corrected chi connectivity index (χ1v) is 11.7. The minimum Gasteiger partial charge on any atom is -0.463 e. The number of nitrogens with zero attached hydrogens (tertiary/aromatic N) is 2. The first-order chi connectivity index (χ1) is 15.4. The Kier molecular flexibility index (Phi) is 6.88. The van der Waals surface area contributed by atoms with Crippen LogP contribution in [0.1, 0.15) is 43.3 Å². The summed E-state index contributed by atoms with van der Waals surface area (Å²) in [5.41, 5.74) is 1.13. The first-order valence-electron chi connectivity index (χ1n) is 10.4. The van der Waals surface area contributed by atoms with Crippen LogP contribution in [0.2, 0.25) is 5.02 Å². The molecule has 0 amide bonds. The molecule has 3 heterocycles. The largest absolute Gasteiger partial charge is 0.463 e. The number of piperidine rings is 1. The molecule has 3 unspecified atom stereocenters. The zero-order valence-corrected chi connectivity index (χ0v) is 19.2. The zero-order valence-electron chi connectivity index (χ0n) is 17.6. The number of allylic oxidation sites excluding steroid dienone is 1. The molecule has 170 valence electrons. The molecule has 10 heteroatoms. The van der Waals surface area contributed by atoms with E-state index in [-0.39, 0.29) is 29.7 Å². The molecule has 32 heavy (non-hydrogen) atoms. The van der Waals surface area contributed by atoms with E-state index in [1.54, 1.807) is 13.1 Å². The van der Waals surface area contributed by atoms with Crippen molar-refractivity contribution in [2.45, 2.75) is 38.8 Å². The number of hydrogen-bond donors (Lipinski definition) is 2. The highest BCUT2D eigenvalue weighted by Crippen LogP contribution is 2.40. The molecule has 1 aromatic carbocycles. The van der Waals surface area contributed by atoms with Crippen molar-refractivity contribution in [3.63, 3.8) is 0 Å². The van der Waals surface area contributed by atoms with Crippen LogP contribution >= 0.6 is 22.9 Å². The lowest BCUT2D eigenvalue weighted by atomic mass is 9.84. The summed E-state index contributed by atoms with van der Waals surface area (Å²) >= 11 is 7.59. The fourth-order valence-electron chi connectivity index (χ4n) is 4.14. The third-order valence-corrected chi connectivity index (χ3v) is 6.76. The second kappa shape index (κ2) is 9.64. The molecule has 1 aromatic heterocycles. The summed E-state index contributed by atoms with van der Waals surface area (Å²) in [6.07, 6.45) is 3.23. The van der Waals surface area contributed by atoms with Crippen LogP contribution in [0, 0.1) is 17.6 Å². The quantitative estimate of drug-likeness (QED) is 0.491. The van der Waals surface area contributed by atoms with Crippen molar-refractivity contribution in [1.82, 2.24) is 15.6 Å². The van der Waals surface area contributed by atoms with Gasteiger partial charge in [0, 0.05) is 34.8 Å². The lowest BCUT2D eigenvalue weighted by molar-refractivity contribution is -0.139. The van der Waals surface area contributed by atoms with Crippen molar-refractivity contribution < 1.29 is 18.3 Å². The number of halogens is 3. The zero-order chi connectivity index (χ0) is 22.8. The van der Waals surface area contributed by atoms with Crippen LogP contribution in [0.3, 0.4) is 0 Å². The summed E-state index contributed by atoms with van der Waals surface area (Å²) in [5, 5.41) is 8.76. The topological polar surface area (TPSA) is 75.6 Å². The number of carbonyl (C=O) groups is 1. The number of nitrogens with one attached hydrogen (secondary N) is 2. The maximum Gasteiger partial charge on any atom is 0.338 e. The van der Waals surface area contributed by atoms with Gasteiger partial charge in [0.25, 0.3) is 0 Å². The minimum atomic E-state index is -1.17. The Hall–Kier alpha value is -2.36. The Labute approximate surface area is 193 Å². The predicted molar refractivity (Wildman–Crippen MR) is 120 cm³/mol. The Morgan fingerprint density at radius 2 is 2.19 bits per heavy atom. The van der Waals surface area contributed by atoms with E-state index in [4.69, 9.17) is 16.3 Å². The van der Waals surface area contributed by atoms with Gasteiger partial charge in [0.05, 0.1) is 17.2 Å². The van der Waals surface area contributed by atoms with Crippen LogP contribution in [-0.4, -0.2) is 36.0 Å². The highest BCUT2D eigenvalue weighted by atomic mass is 35.5. The van der Waals surface area contributed by atoms with Gasteiger partial charge in [0.2, 0.25) is 0 Å². The molecule has 4 rings (SSSR count). The fraction of sp³-hybridized carbons (Fsp3) is 0.409. The number of hydrogen-bond acceptors (Lipinski definition) is 7. The van der Waals surface area contributed by atoms with E-state index >= 15 is 0 Å². The maximum absolute atomic E-state index is 14.4. The molecule has 0 spiro atoms.